The number of carbonyl (C=O) groups is 1. The lowest BCUT2D eigenvalue weighted by atomic mass is 9.98. The van der Waals surface area contributed by atoms with Crippen molar-refractivity contribution in [2.24, 2.45) is 0 Å². The number of amides is 1. The number of carboxylic acid groups (broad SMARTS) is 1. The van der Waals surface area contributed by atoms with E-state index >= 15 is 0 Å². The molecule has 15 heavy (non-hydrogen) atoms. The summed E-state index contributed by atoms with van der Waals surface area (Å²) in [5.74, 6) is -0.426. The van der Waals surface area contributed by atoms with Gasteiger partial charge in [0.1, 0.15) is 11.6 Å². The molecule has 2 N–H and O–H groups in total. The summed E-state index contributed by atoms with van der Waals surface area (Å²) in [4.78, 5) is 11.9. The number of benzene rings is 1. The normalized spacial score (nSPS) is 14.9. The predicted octanol–water partition coefficient (Wildman–Crippen LogP) is 1.57. The molecule has 0 radical (unpaired) electrons. The molecule has 0 aliphatic carbocycles. The van der Waals surface area contributed by atoms with Gasteiger partial charge in [0.15, 0.2) is 0 Å². The molecule has 0 bridgehead atoms. The Balaban J connectivity index is 2.41. The number of fused-ring (bicyclic) bond motifs is 1. The molecule has 0 atom stereocenters. The minimum Gasteiger partial charge on any atom is -0.508 e. The average Bonchev–Trinajstić information content (AvgIpc) is 2.23. The molecule has 0 spiro atoms. The zero-order valence-corrected chi connectivity index (χ0v) is 7.90. The van der Waals surface area contributed by atoms with Gasteiger partial charge in [-0.3, -0.25) is 0 Å². The maximum Gasteiger partial charge on any atom is 0.407 e. The zero-order chi connectivity index (χ0) is 11.0. The van der Waals surface area contributed by atoms with E-state index in [1.807, 2.05) is 0 Å². The second-order valence-electron chi connectivity index (χ2n) is 3.48. The SMILES string of the molecule is O=C(O)N1CCc2c(F)ccc(O)c2C1. The summed E-state index contributed by atoms with van der Waals surface area (Å²) >= 11 is 0. The number of nitrogens with zero attached hydrogens (tertiary/aromatic N) is 1. The Morgan fingerprint density at radius 1 is 1.40 bits per heavy atom. The number of halogens is 1. The molecule has 1 aromatic rings. The second kappa shape index (κ2) is 3.42. The van der Waals surface area contributed by atoms with Crippen molar-refractivity contribution in [3.8, 4) is 5.75 Å². The van der Waals surface area contributed by atoms with Gasteiger partial charge in [0.05, 0.1) is 6.54 Å². The lowest BCUT2D eigenvalue weighted by Gasteiger charge is -2.27. The molecular formula is C10H10FNO3. The third-order valence-corrected chi connectivity index (χ3v) is 2.60. The molecule has 1 aromatic carbocycles. The highest BCUT2D eigenvalue weighted by molar-refractivity contribution is 5.66. The highest BCUT2D eigenvalue weighted by Crippen LogP contribution is 2.29. The van der Waals surface area contributed by atoms with Crippen LogP contribution < -0.4 is 0 Å². The molecule has 80 valence electrons. The molecule has 0 saturated carbocycles. The van der Waals surface area contributed by atoms with E-state index in [9.17, 15) is 14.3 Å². The van der Waals surface area contributed by atoms with Gasteiger partial charge in [-0.1, -0.05) is 0 Å². The highest BCUT2D eigenvalue weighted by Gasteiger charge is 2.24. The lowest BCUT2D eigenvalue weighted by Crippen LogP contribution is -2.35. The standard InChI is InChI=1S/C10H10FNO3/c11-8-1-2-9(13)7-5-12(10(14)15)4-3-6(7)8/h1-2,13H,3-5H2,(H,14,15). The molecule has 1 aliphatic heterocycles. The van der Waals surface area contributed by atoms with Crippen LogP contribution in [-0.4, -0.2) is 27.8 Å². The van der Waals surface area contributed by atoms with Gasteiger partial charge in [-0.2, -0.15) is 0 Å². The van der Waals surface area contributed by atoms with Crippen molar-refractivity contribution in [2.45, 2.75) is 13.0 Å². The van der Waals surface area contributed by atoms with Crippen LogP contribution in [0.3, 0.4) is 0 Å². The first-order valence-electron chi connectivity index (χ1n) is 4.56. The van der Waals surface area contributed by atoms with E-state index in [-0.39, 0.29) is 24.7 Å². The first kappa shape index (κ1) is 9.76. The second-order valence-corrected chi connectivity index (χ2v) is 3.48. The summed E-state index contributed by atoms with van der Waals surface area (Å²) in [5, 5.41) is 18.3. The Morgan fingerprint density at radius 2 is 2.13 bits per heavy atom. The third-order valence-electron chi connectivity index (χ3n) is 2.60. The Kier molecular flexibility index (Phi) is 2.22. The maximum absolute atomic E-state index is 13.3. The zero-order valence-electron chi connectivity index (χ0n) is 7.90. The van der Waals surface area contributed by atoms with Gasteiger partial charge < -0.3 is 15.1 Å². The molecule has 0 unspecified atom stereocenters. The summed E-state index contributed by atoms with van der Waals surface area (Å²) in [6.07, 6.45) is -0.744. The lowest BCUT2D eigenvalue weighted by molar-refractivity contribution is 0.139. The van der Waals surface area contributed by atoms with E-state index in [0.29, 0.717) is 17.5 Å². The molecule has 1 aliphatic rings. The smallest absolute Gasteiger partial charge is 0.407 e. The van der Waals surface area contributed by atoms with Crippen molar-refractivity contribution in [2.75, 3.05) is 6.54 Å². The van der Waals surface area contributed by atoms with E-state index in [2.05, 4.69) is 0 Å². The summed E-state index contributed by atoms with van der Waals surface area (Å²) in [5.41, 5.74) is 0.802. The van der Waals surface area contributed by atoms with Gasteiger partial charge in [0, 0.05) is 12.1 Å². The number of hydrogen-bond donors (Lipinski definition) is 2. The summed E-state index contributed by atoms with van der Waals surface area (Å²) in [7, 11) is 0. The van der Waals surface area contributed by atoms with Crippen LogP contribution in [0.1, 0.15) is 11.1 Å². The highest BCUT2D eigenvalue weighted by atomic mass is 19.1. The third kappa shape index (κ3) is 1.60. The fraction of sp³-hybridized carbons (Fsp3) is 0.300. The van der Waals surface area contributed by atoms with Crippen LogP contribution in [0.4, 0.5) is 9.18 Å². The van der Waals surface area contributed by atoms with Gasteiger partial charge in [0.25, 0.3) is 0 Å². The van der Waals surface area contributed by atoms with E-state index in [1.165, 1.54) is 12.1 Å². The Labute approximate surface area is 85.6 Å². The summed E-state index contributed by atoms with van der Waals surface area (Å²) in [6, 6.07) is 2.45. The molecule has 4 nitrogen and oxygen atoms in total. The van der Waals surface area contributed by atoms with E-state index in [4.69, 9.17) is 5.11 Å². The van der Waals surface area contributed by atoms with Crippen LogP contribution in [0.2, 0.25) is 0 Å². The Morgan fingerprint density at radius 3 is 2.80 bits per heavy atom. The summed E-state index contributed by atoms with van der Waals surface area (Å²) < 4.78 is 13.3. The van der Waals surface area contributed by atoms with Gasteiger partial charge in [-0.05, 0) is 24.1 Å². The number of phenolic OH excluding ortho intramolecular Hbond substituents is 1. The molecule has 5 heteroatoms. The van der Waals surface area contributed by atoms with Gasteiger partial charge in [-0.15, -0.1) is 0 Å². The molecular weight excluding hydrogens is 201 g/mol. The van der Waals surface area contributed by atoms with Crippen LogP contribution in [0.15, 0.2) is 12.1 Å². The minimum absolute atomic E-state index is 0.0441. The van der Waals surface area contributed by atoms with Crippen molar-refractivity contribution in [3.05, 3.63) is 29.1 Å². The van der Waals surface area contributed by atoms with Gasteiger partial charge >= 0.3 is 6.09 Å². The van der Waals surface area contributed by atoms with Crippen molar-refractivity contribution >= 4 is 6.09 Å². The minimum atomic E-state index is -1.05. The first-order chi connectivity index (χ1) is 7.09. The Bertz CT molecular complexity index is 419. The quantitative estimate of drug-likeness (QED) is 0.684. The molecule has 1 heterocycles. The van der Waals surface area contributed by atoms with Gasteiger partial charge in [-0.25, -0.2) is 9.18 Å². The number of hydrogen-bond acceptors (Lipinski definition) is 2. The van der Waals surface area contributed by atoms with Crippen LogP contribution in [0, 0.1) is 5.82 Å². The van der Waals surface area contributed by atoms with E-state index in [0.717, 1.165) is 4.90 Å². The molecule has 0 saturated heterocycles. The number of aromatic hydroxyl groups is 1. The van der Waals surface area contributed by atoms with E-state index < -0.39 is 6.09 Å². The molecule has 0 fully saturated rings. The molecule has 0 aromatic heterocycles. The largest absolute Gasteiger partial charge is 0.508 e. The topological polar surface area (TPSA) is 60.8 Å². The van der Waals surface area contributed by atoms with E-state index in [1.54, 1.807) is 0 Å². The first-order valence-corrected chi connectivity index (χ1v) is 4.56. The fourth-order valence-electron chi connectivity index (χ4n) is 1.78. The van der Waals surface area contributed by atoms with Crippen LogP contribution in [-0.2, 0) is 13.0 Å². The predicted molar refractivity (Wildman–Crippen MR) is 50.2 cm³/mol. The number of rotatable bonds is 0. The number of phenols is 1. The molecule has 1 amide bonds. The van der Waals surface area contributed by atoms with Crippen molar-refractivity contribution in [1.82, 2.24) is 4.90 Å². The average molecular weight is 211 g/mol. The Hall–Kier alpha value is -1.78. The maximum atomic E-state index is 13.3. The van der Waals surface area contributed by atoms with Crippen LogP contribution in [0.5, 0.6) is 5.75 Å². The fourth-order valence-corrected chi connectivity index (χ4v) is 1.78. The van der Waals surface area contributed by atoms with Crippen molar-refractivity contribution in [3.63, 3.8) is 0 Å². The summed E-state index contributed by atoms with van der Waals surface area (Å²) in [6.45, 7) is 0.316. The van der Waals surface area contributed by atoms with Crippen LogP contribution in [0.25, 0.3) is 0 Å². The van der Waals surface area contributed by atoms with Gasteiger partial charge in [0.2, 0.25) is 0 Å². The van der Waals surface area contributed by atoms with Crippen molar-refractivity contribution in [1.29, 1.82) is 0 Å². The van der Waals surface area contributed by atoms with Crippen LogP contribution >= 0.6 is 0 Å². The van der Waals surface area contributed by atoms with Crippen molar-refractivity contribution < 1.29 is 19.4 Å². The monoisotopic (exact) mass is 211 g/mol. The molecule has 2 rings (SSSR count).